The van der Waals surface area contributed by atoms with E-state index in [0.29, 0.717) is 42.6 Å². The number of halogens is 1. The number of aryl methyl sites for hydroxylation is 1. The second kappa shape index (κ2) is 9.85. The molecule has 0 saturated carbocycles. The molecule has 30 heavy (non-hydrogen) atoms. The van der Waals surface area contributed by atoms with E-state index in [-0.39, 0.29) is 24.3 Å². The molecule has 1 saturated heterocycles. The Balaban J connectivity index is 1.65. The summed E-state index contributed by atoms with van der Waals surface area (Å²) in [5, 5.41) is 3.48. The summed E-state index contributed by atoms with van der Waals surface area (Å²) in [6, 6.07) is 13.0. The van der Waals surface area contributed by atoms with Crippen LogP contribution in [-0.4, -0.2) is 49.5 Å². The lowest BCUT2D eigenvalue weighted by Crippen LogP contribution is -2.50. The number of carbonyl (C=O) groups is 2. The highest BCUT2D eigenvalue weighted by Crippen LogP contribution is 2.34. The average molecular weight is 430 g/mol. The third kappa shape index (κ3) is 5.45. The molecule has 1 aliphatic rings. The van der Waals surface area contributed by atoms with Crippen LogP contribution < -0.4 is 15.0 Å². The molecule has 2 aromatic rings. The minimum Gasteiger partial charge on any atom is -0.484 e. The Bertz CT molecular complexity index is 908. The number of amides is 2. The molecule has 160 valence electrons. The van der Waals surface area contributed by atoms with Gasteiger partial charge in [0.15, 0.2) is 6.61 Å². The van der Waals surface area contributed by atoms with Crippen molar-refractivity contribution in [2.45, 2.75) is 20.8 Å². The minimum atomic E-state index is -0.256. The lowest BCUT2D eigenvalue weighted by molar-refractivity contribution is -0.134. The fourth-order valence-electron chi connectivity index (χ4n) is 3.49. The quantitative estimate of drug-likeness (QED) is 0.754. The highest BCUT2D eigenvalue weighted by molar-refractivity contribution is 6.34. The number of hydrogen-bond acceptors (Lipinski definition) is 4. The Hall–Kier alpha value is -2.73. The third-order valence-electron chi connectivity index (χ3n) is 5.02. The molecule has 6 nitrogen and oxygen atoms in total. The van der Waals surface area contributed by atoms with Crippen LogP contribution in [0.3, 0.4) is 0 Å². The number of rotatable bonds is 6. The molecule has 1 aliphatic heterocycles. The van der Waals surface area contributed by atoms with E-state index in [9.17, 15) is 9.59 Å². The number of ether oxygens (including phenoxy) is 1. The van der Waals surface area contributed by atoms with Crippen molar-refractivity contribution in [1.82, 2.24) is 4.90 Å². The van der Waals surface area contributed by atoms with Crippen molar-refractivity contribution in [2.24, 2.45) is 5.92 Å². The van der Waals surface area contributed by atoms with Crippen molar-refractivity contribution in [3.63, 3.8) is 0 Å². The first-order valence-electron chi connectivity index (χ1n) is 10.2. The Morgan fingerprint density at radius 1 is 1.10 bits per heavy atom. The van der Waals surface area contributed by atoms with Crippen LogP contribution in [0.1, 0.15) is 19.4 Å². The average Bonchev–Trinajstić information content (AvgIpc) is 2.72. The molecular weight excluding hydrogens is 402 g/mol. The van der Waals surface area contributed by atoms with Gasteiger partial charge in [0.1, 0.15) is 5.75 Å². The van der Waals surface area contributed by atoms with E-state index in [0.717, 1.165) is 11.3 Å². The SMILES string of the molecule is Cc1cccc(OCC(=O)Nc2cccc(Cl)c2N2CCN(C(=O)C(C)C)CC2)c1. The number of hydrogen-bond donors (Lipinski definition) is 1. The Morgan fingerprint density at radius 3 is 2.47 bits per heavy atom. The molecule has 0 aliphatic carbocycles. The van der Waals surface area contributed by atoms with Crippen LogP contribution in [0.2, 0.25) is 5.02 Å². The van der Waals surface area contributed by atoms with Gasteiger partial charge in [0.2, 0.25) is 5.91 Å². The standard InChI is InChI=1S/C23H28ClN3O3/c1-16(2)23(29)27-12-10-26(11-13-27)22-19(24)8-5-9-20(22)25-21(28)15-30-18-7-4-6-17(3)14-18/h4-9,14,16H,10-13,15H2,1-3H3,(H,25,28). The van der Waals surface area contributed by atoms with Crippen molar-refractivity contribution in [2.75, 3.05) is 43.0 Å². The summed E-state index contributed by atoms with van der Waals surface area (Å²) in [6.45, 7) is 8.28. The normalized spacial score (nSPS) is 14.0. The summed E-state index contributed by atoms with van der Waals surface area (Å²) in [6.07, 6.45) is 0. The lowest BCUT2D eigenvalue weighted by Gasteiger charge is -2.38. The number of nitrogens with zero attached hydrogens (tertiary/aromatic N) is 2. The molecule has 2 amide bonds. The Kier molecular flexibility index (Phi) is 7.21. The topological polar surface area (TPSA) is 61.9 Å². The van der Waals surface area contributed by atoms with Crippen molar-refractivity contribution in [3.8, 4) is 5.75 Å². The highest BCUT2D eigenvalue weighted by atomic mass is 35.5. The maximum atomic E-state index is 12.5. The number of piperazine rings is 1. The molecule has 0 radical (unpaired) electrons. The van der Waals surface area contributed by atoms with Gasteiger partial charge < -0.3 is 19.9 Å². The molecule has 1 heterocycles. The summed E-state index contributed by atoms with van der Waals surface area (Å²) >= 11 is 6.48. The van der Waals surface area contributed by atoms with Gasteiger partial charge in [-0.15, -0.1) is 0 Å². The van der Waals surface area contributed by atoms with E-state index in [4.69, 9.17) is 16.3 Å². The first-order chi connectivity index (χ1) is 14.3. The molecule has 1 N–H and O–H groups in total. The predicted molar refractivity (Wildman–Crippen MR) is 120 cm³/mol. The number of benzene rings is 2. The van der Waals surface area contributed by atoms with Crippen molar-refractivity contribution >= 4 is 34.8 Å². The van der Waals surface area contributed by atoms with E-state index in [1.165, 1.54) is 0 Å². The zero-order valence-electron chi connectivity index (χ0n) is 17.7. The molecule has 0 atom stereocenters. The predicted octanol–water partition coefficient (Wildman–Crippen LogP) is 3.97. The van der Waals surface area contributed by atoms with Gasteiger partial charge in [-0.3, -0.25) is 9.59 Å². The van der Waals surface area contributed by atoms with Gasteiger partial charge in [-0.05, 0) is 36.8 Å². The molecular formula is C23H28ClN3O3. The monoisotopic (exact) mass is 429 g/mol. The number of nitrogens with one attached hydrogen (secondary N) is 1. The van der Waals surface area contributed by atoms with Crippen LogP contribution >= 0.6 is 11.6 Å². The number of anilines is 2. The van der Waals surface area contributed by atoms with Crippen LogP contribution in [0, 0.1) is 12.8 Å². The summed E-state index contributed by atoms with van der Waals surface area (Å²) in [5.41, 5.74) is 2.49. The van der Waals surface area contributed by atoms with Crippen LogP contribution in [0.25, 0.3) is 0 Å². The maximum Gasteiger partial charge on any atom is 0.262 e. The van der Waals surface area contributed by atoms with Gasteiger partial charge in [-0.25, -0.2) is 0 Å². The minimum absolute atomic E-state index is 0.0138. The summed E-state index contributed by atoms with van der Waals surface area (Å²) in [4.78, 5) is 28.7. The summed E-state index contributed by atoms with van der Waals surface area (Å²) < 4.78 is 5.60. The van der Waals surface area contributed by atoms with E-state index in [2.05, 4.69) is 10.2 Å². The van der Waals surface area contributed by atoms with Gasteiger partial charge >= 0.3 is 0 Å². The van der Waals surface area contributed by atoms with Crippen LogP contribution in [0.4, 0.5) is 11.4 Å². The van der Waals surface area contributed by atoms with E-state index < -0.39 is 0 Å². The van der Waals surface area contributed by atoms with Gasteiger partial charge in [0.25, 0.3) is 5.91 Å². The molecule has 3 rings (SSSR count). The molecule has 0 unspecified atom stereocenters. The molecule has 7 heteroatoms. The molecule has 2 aromatic carbocycles. The molecule has 0 bridgehead atoms. The zero-order valence-corrected chi connectivity index (χ0v) is 18.4. The fraction of sp³-hybridized carbons (Fsp3) is 0.391. The largest absolute Gasteiger partial charge is 0.484 e. The number of para-hydroxylation sites is 1. The van der Waals surface area contributed by atoms with E-state index >= 15 is 0 Å². The van der Waals surface area contributed by atoms with Crippen molar-refractivity contribution in [1.29, 1.82) is 0 Å². The van der Waals surface area contributed by atoms with E-state index in [1.54, 1.807) is 12.1 Å². The van der Waals surface area contributed by atoms with Gasteiger partial charge in [0, 0.05) is 32.1 Å². The smallest absolute Gasteiger partial charge is 0.262 e. The fourth-order valence-corrected chi connectivity index (χ4v) is 3.79. The second-order valence-corrected chi connectivity index (χ2v) is 8.16. The van der Waals surface area contributed by atoms with Gasteiger partial charge in [0.05, 0.1) is 16.4 Å². The third-order valence-corrected chi connectivity index (χ3v) is 5.33. The molecule has 0 spiro atoms. The van der Waals surface area contributed by atoms with Crippen molar-refractivity contribution in [3.05, 3.63) is 53.1 Å². The zero-order chi connectivity index (χ0) is 21.7. The summed E-state index contributed by atoms with van der Waals surface area (Å²) in [5.74, 6) is 0.548. The maximum absolute atomic E-state index is 12.5. The Labute approximate surface area is 182 Å². The van der Waals surface area contributed by atoms with Crippen LogP contribution in [0.15, 0.2) is 42.5 Å². The van der Waals surface area contributed by atoms with Gasteiger partial charge in [-0.2, -0.15) is 0 Å². The highest BCUT2D eigenvalue weighted by Gasteiger charge is 2.25. The number of carbonyl (C=O) groups excluding carboxylic acids is 2. The first kappa shape index (κ1) is 22.0. The summed E-state index contributed by atoms with van der Waals surface area (Å²) in [7, 11) is 0. The lowest BCUT2D eigenvalue weighted by atomic mass is 10.1. The molecule has 0 aromatic heterocycles. The Morgan fingerprint density at radius 2 is 1.80 bits per heavy atom. The molecule has 1 fully saturated rings. The van der Waals surface area contributed by atoms with E-state index in [1.807, 2.05) is 56.0 Å². The van der Waals surface area contributed by atoms with Gasteiger partial charge in [-0.1, -0.05) is 43.6 Å². The first-order valence-corrected chi connectivity index (χ1v) is 10.5. The van der Waals surface area contributed by atoms with Crippen LogP contribution in [0.5, 0.6) is 5.75 Å². The van der Waals surface area contributed by atoms with Crippen molar-refractivity contribution < 1.29 is 14.3 Å². The van der Waals surface area contributed by atoms with Crippen LogP contribution in [-0.2, 0) is 9.59 Å². The second-order valence-electron chi connectivity index (χ2n) is 7.76.